The smallest absolute Gasteiger partial charge is 0.408 e. The molecule has 1 aliphatic rings. The van der Waals surface area contributed by atoms with Gasteiger partial charge >= 0.3 is 5.76 Å². The quantitative estimate of drug-likeness (QED) is 0.678. The normalized spacial score (nSPS) is 16.0. The number of aromatic nitrogens is 1. The number of nitrogens with two attached hydrogens (primary N) is 1. The lowest BCUT2D eigenvalue weighted by Gasteiger charge is -2.21. The first-order valence-corrected chi connectivity index (χ1v) is 10.7. The first-order valence-electron chi connectivity index (χ1n) is 9.14. The molecule has 4 rings (SSSR count). The van der Waals surface area contributed by atoms with E-state index in [2.05, 4.69) is 11.4 Å². The first-order chi connectivity index (χ1) is 13.8. The molecule has 0 amide bonds. The van der Waals surface area contributed by atoms with Crippen molar-refractivity contribution < 1.29 is 17.2 Å². The van der Waals surface area contributed by atoms with Crippen molar-refractivity contribution in [1.29, 1.82) is 0 Å². The summed E-state index contributed by atoms with van der Waals surface area (Å²) >= 11 is 0. The predicted octanol–water partition coefficient (Wildman–Crippen LogP) is 2.37. The Morgan fingerprint density at radius 3 is 2.72 bits per heavy atom. The van der Waals surface area contributed by atoms with E-state index in [1.54, 1.807) is 6.92 Å². The number of sulfonamides is 1. The van der Waals surface area contributed by atoms with Gasteiger partial charge in [0, 0.05) is 12.6 Å². The lowest BCUT2D eigenvalue weighted by atomic mass is 9.92. The number of rotatable bonds is 4. The van der Waals surface area contributed by atoms with Crippen LogP contribution in [-0.4, -0.2) is 26.1 Å². The molecule has 29 heavy (non-hydrogen) atoms. The third-order valence-corrected chi connectivity index (χ3v) is 6.07. The van der Waals surface area contributed by atoms with Gasteiger partial charge in [-0.2, -0.15) is 0 Å². The number of fused-ring (bicyclic) bond motifs is 1. The minimum Gasteiger partial charge on any atom is -0.408 e. The highest BCUT2D eigenvalue weighted by molar-refractivity contribution is 7.89. The summed E-state index contributed by atoms with van der Waals surface area (Å²) in [6.07, 6.45) is 2.95. The highest BCUT2D eigenvalue weighted by Gasteiger charge is 2.24. The molecule has 2 heterocycles. The standard InChI is InChI=1S/C20H20FN3O4S/c1-12(15-4-2-3-5-16(15)13-6-8-23-9-7-13)24-19-17(21)10-14(29(22,26)27)11-18(19)28-20(24)25/h2-6,10-12,23H,7-9H2,1H3,(H2,22,26,27)/t12-/m0/s1. The summed E-state index contributed by atoms with van der Waals surface area (Å²) in [6.45, 7) is 3.40. The Morgan fingerprint density at radius 1 is 1.28 bits per heavy atom. The van der Waals surface area contributed by atoms with Crippen LogP contribution in [0.5, 0.6) is 0 Å². The Bertz CT molecular complexity index is 1290. The zero-order valence-electron chi connectivity index (χ0n) is 15.7. The number of hydrogen-bond acceptors (Lipinski definition) is 5. The number of hydrogen-bond donors (Lipinski definition) is 2. The van der Waals surface area contributed by atoms with E-state index in [0.29, 0.717) is 0 Å². The van der Waals surface area contributed by atoms with E-state index < -0.39 is 32.5 Å². The number of nitrogens with zero attached hydrogens (tertiary/aromatic N) is 1. The SMILES string of the molecule is C[C@@H](c1ccccc1C1=CCNCC1)n1c(=O)oc2cc(S(N)(=O)=O)cc(F)c21. The third kappa shape index (κ3) is 3.52. The molecule has 0 spiro atoms. The van der Waals surface area contributed by atoms with Gasteiger partial charge in [-0.3, -0.25) is 4.57 Å². The first kappa shape index (κ1) is 19.6. The molecule has 0 aliphatic carbocycles. The van der Waals surface area contributed by atoms with E-state index in [1.165, 1.54) is 4.57 Å². The van der Waals surface area contributed by atoms with Gasteiger partial charge in [0.15, 0.2) is 11.4 Å². The average Bonchev–Trinajstić information content (AvgIpc) is 3.04. The molecule has 0 fully saturated rings. The van der Waals surface area contributed by atoms with Gasteiger partial charge < -0.3 is 9.73 Å². The molecule has 1 aliphatic heterocycles. The molecule has 2 aromatic carbocycles. The van der Waals surface area contributed by atoms with E-state index in [9.17, 15) is 17.6 Å². The lowest BCUT2D eigenvalue weighted by molar-refractivity contribution is 0.487. The fraction of sp³-hybridized carbons (Fsp3) is 0.250. The molecule has 0 saturated carbocycles. The van der Waals surface area contributed by atoms with Gasteiger partial charge in [0.25, 0.3) is 0 Å². The molecule has 3 N–H and O–H groups in total. The fourth-order valence-corrected chi connectivity index (χ4v) is 4.31. The molecule has 1 aromatic heterocycles. The average molecular weight is 417 g/mol. The molecule has 0 saturated heterocycles. The highest BCUT2D eigenvalue weighted by atomic mass is 32.2. The van der Waals surface area contributed by atoms with Crippen LogP contribution in [0.25, 0.3) is 16.7 Å². The number of nitrogens with one attached hydrogen (secondary N) is 1. The molecule has 3 aromatic rings. The summed E-state index contributed by atoms with van der Waals surface area (Å²) in [4.78, 5) is 12.1. The van der Waals surface area contributed by atoms with Crippen molar-refractivity contribution in [2.45, 2.75) is 24.3 Å². The lowest BCUT2D eigenvalue weighted by Crippen LogP contribution is -2.23. The van der Waals surface area contributed by atoms with Crippen molar-refractivity contribution in [3.05, 3.63) is 70.0 Å². The molecular weight excluding hydrogens is 397 g/mol. The molecule has 0 unspecified atom stereocenters. The molecule has 0 bridgehead atoms. The second-order valence-corrected chi connectivity index (χ2v) is 8.54. The van der Waals surface area contributed by atoms with Crippen LogP contribution in [0.4, 0.5) is 4.39 Å². The van der Waals surface area contributed by atoms with Crippen molar-refractivity contribution >= 4 is 26.7 Å². The summed E-state index contributed by atoms with van der Waals surface area (Å²) in [5.41, 5.74) is 2.74. The number of primary sulfonamides is 1. The second kappa shape index (κ2) is 7.25. The Balaban J connectivity index is 1.89. The van der Waals surface area contributed by atoms with Gasteiger partial charge in [-0.15, -0.1) is 0 Å². The van der Waals surface area contributed by atoms with Crippen molar-refractivity contribution in [2.75, 3.05) is 13.1 Å². The molecule has 1 atom stereocenters. The highest BCUT2D eigenvalue weighted by Crippen LogP contribution is 2.32. The second-order valence-electron chi connectivity index (χ2n) is 6.98. The molecule has 7 nitrogen and oxygen atoms in total. The number of halogens is 1. The summed E-state index contributed by atoms with van der Waals surface area (Å²) in [5, 5.41) is 8.35. The van der Waals surface area contributed by atoms with Crippen LogP contribution in [0.2, 0.25) is 0 Å². The Hall–Kier alpha value is -2.75. The van der Waals surface area contributed by atoms with E-state index in [1.807, 2.05) is 24.3 Å². The summed E-state index contributed by atoms with van der Waals surface area (Å²) in [6, 6.07) is 8.99. The maximum absolute atomic E-state index is 14.8. The maximum Gasteiger partial charge on any atom is 0.420 e. The predicted molar refractivity (Wildman–Crippen MR) is 108 cm³/mol. The van der Waals surface area contributed by atoms with Gasteiger partial charge in [-0.1, -0.05) is 30.3 Å². The Labute approximate surface area is 166 Å². The summed E-state index contributed by atoms with van der Waals surface area (Å²) in [5.74, 6) is -1.66. The summed E-state index contributed by atoms with van der Waals surface area (Å²) in [7, 11) is -4.14. The minimum atomic E-state index is -4.14. The molecular formula is C20H20FN3O4S. The van der Waals surface area contributed by atoms with Crippen LogP contribution in [-0.2, 0) is 10.0 Å². The van der Waals surface area contributed by atoms with Crippen molar-refractivity contribution in [3.8, 4) is 0 Å². The monoisotopic (exact) mass is 417 g/mol. The van der Waals surface area contributed by atoms with Crippen LogP contribution >= 0.6 is 0 Å². The topological polar surface area (TPSA) is 107 Å². The van der Waals surface area contributed by atoms with Gasteiger partial charge in [0.1, 0.15) is 5.52 Å². The van der Waals surface area contributed by atoms with Crippen LogP contribution in [0, 0.1) is 5.82 Å². The van der Waals surface area contributed by atoms with Crippen LogP contribution < -0.4 is 16.2 Å². The van der Waals surface area contributed by atoms with Gasteiger partial charge in [-0.25, -0.2) is 22.7 Å². The Kier molecular flexibility index (Phi) is 4.89. The van der Waals surface area contributed by atoms with Crippen molar-refractivity contribution in [2.24, 2.45) is 5.14 Å². The molecule has 152 valence electrons. The zero-order chi connectivity index (χ0) is 20.8. The molecule has 0 radical (unpaired) electrons. The van der Waals surface area contributed by atoms with E-state index >= 15 is 0 Å². The van der Waals surface area contributed by atoms with E-state index in [-0.39, 0.29) is 11.1 Å². The fourth-order valence-electron chi connectivity index (χ4n) is 3.77. The van der Waals surface area contributed by atoms with Crippen LogP contribution in [0.3, 0.4) is 0 Å². The minimum absolute atomic E-state index is 0.0935. The molecule has 9 heteroatoms. The van der Waals surface area contributed by atoms with Crippen molar-refractivity contribution in [3.63, 3.8) is 0 Å². The zero-order valence-corrected chi connectivity index (χ0v) is 16.5. The van der Waals surface area contributed by atoms with E-state index in [4.69, 9.17) is 9.56 Å². The largest absolute Gasteiger partial charge is 0.420 e. The van der Waals surface area contributed by atoms with Gasteiger partial charge in [0.2, 0.25) is 10.0 Å². The maximum atomic E-state index is 14.8. The van der Waals surface area contributed by atoms with E-state index in [0.717, 1.165) is 48.3 Å². The van der Waals surface area contributed by atoms with Gasteiger partial charge in [-0.05, 0) is 42.7 Å². The van der Waals surface area contributed by atoms with Crippen LogP contribution in [0.15, 0.2) is 56.6 Å². The van der Waals surface area contributed by atoms with Crippen LogP contribution in [0.1, 0.15) is 30.5 Å². The number of benzene rings is 2. The third-order valence-electron chi connectivity index (χ3n) is 5.17. The van der Waals surface area contributed by atoms with Gasteiger partial charge in [0.05, 0.1) is 10.9 Å². The Morgan fingerprint density at radius 2 is 2.03 bits per heavy atom. The number of oxazole rings is 1. The summed E-state index contributed by atoms with van der Waals surface area (Å²) < 4.78 is 44.3. The van der Waals surface area contributed by atoms with Crippen molar-refractivity contribution in [1.82, 2.24) is 9.88 Å².